The molecule has 4 rings (SSSR count). The Morgan fingerprint density at radius 3 is 3.00 bits per heavy atom. The zero-order valence-corrected chi connectivity index (χ0v) is 15.0. The van der Waals surface area contributed by atoms with E-state index in [1.54, 1.807) is 12.4 Å². The molecule has 0 saturated carbocycles. The molecule has 2 aliphatic rings. The maximum atomic E-state index is 8.90. The van der Waals surface area contributed by atoms with Gasteiger partial charge < -0.3 is 19.3 Å². The van der Waals surface area contributed by atoms with Crippen LogP contribution in [0.5, 0.6) is 5.88 Å². The fourth-order valence-electron chi connectivity index (χ4n) is 3.92. The Kier molecular flexibility index (Phi) is 5.29. The summed E-state index contributed by atoms with van der Waals surface area (Å²) in [6.07, 6.45) is 10.3. The zero-order chi connectivity index (χ0) is 17.8. The minimum absolute atomic E-state index is 0.0321. The van der Waals surface area contributed by atoms with Gasteiger partial charge in [-0.25, -0.2) is 0 Å². The third-order valence-corrected chi connectivity index (χ3v) is 5.19. The van der Waals surface area contributed by atoms with Gasteiger partial charge in [-0.1, -0.05) is 6.42 Å². The van der Waals surface area contributed by atoms with E-state index in [1.165, 1.54) is 19.3 Å². The van der Waals surface area contributed by atoms with Crippen molar-refractivity contribution in [3.05, 3.63) is 24.0 Å². The lowest BCUT2D eigenvalue weighted by molar-refractivity contribution is 0.196. The highest BCUT2D eigenvalue weighted by molar-refractivity contribution is 5.39. The predicted molar refractivity (Wildman–Crippen MR) is 96.4 cm³/mol. The number of fused-ring (bicyclic) bond motifs is 1. The third kappa shape index (κ3) is 3.65. The maximum absolute atomic E-state index is 8.90. The number of aliphatic hydroxyl groups excluding tert-OH is 1. The van der Waals surface area contributed by atoms with Gasteiger partial charge in [0.25, 0.3) is 0 Å². The van der Waals surface area contributed by atoms with Crippen LogP contribution in [0.1, 0.15) is 49.7 Å². The molecule has 4 heterocycles. The van der Waals surface area contributed by atoms with E-state index in [1.807, 2.05) is 0 Å². The molecule has 1 N–H and O–H groups in total. The standard InChI is InChI=1S/C18H26N6O2/c25-9-10-26-17-12-19-11-16(20-17)23-7-4-5-14(13-23)18-22-21-15-6-2-1-3-8-24(15)18/h11-12,14,25H,1-10,13H2. The number of aromatic nitrogens is 5. The summed E-state index contributed by atoms with van der Waals surface area (Å²) < 4.78 is 7.75. The normalized spacial score (nSPS) is 20.5. The molecule has 26 heavy (non-hydrogen) atoms. The van der Waals surface area contributed by atoms with Crippen molar-refractivity contribution in [3.63, 3.8) is 0 Å². The molecule has 0 aromatic carbocycles. The molecule has 0 radical (unpaired) electrons. The van der Waals surface area contributed by atoms with Crippen LogP contribution in [-0.4, -0.2) is 56.1 Å². The fraction of sp³-hybridized carbons (Fsp3) is 0.667. The first-order chi connectivity index (χ1) is 12.8. The number of ether oxygens (including phenoxy) is 1. The quantitative estimate of drug-likeness (QED) is 0.867. The average molecular weight is 358 g/mol. The SMILES string of the molecule is OCCOc1cncc(N2CCCC(c3nnc4n3CCCCC4)C2)n1. The first-order valence-electron chi connectivity index (χ1n) is 9.58. The molecule has 1 atom stereocenters. The summed E-state index contributed by atoms with van der Waals surface area (Å²) in [7, 11) is 0. The van der Waals surface area contributed by atoms with E-state index in [2.05, 4.69) is 29.6 Å². The lowest BCUT2D eigenvalue weighted by atomic mass is 9.97. The molecular weight excluding hydrogens is 332 g/mol. The molecule has 1 unspecified atom stereocenters. The molecule has 0 bridgehead atoms. The van der Waals surface area contributed by atoms with Crippen LogP contribution in [0.15, 0.2) is 12.4 Å². The fourth-order valence-corrected chi connectivity index (χ4v) is 3.92. The average Bonchev–Trinajstić information content (AvgIpc) is 2.95. The predicted octanol–water partition coefficient (Wildman–Crippen LogP) is 1.55. The van der Waals surface area contributed by atoms with Crippen molar-refractivity contribution < 1.29 is 9.84 Å². The highest BCUT2D eigenvalue weighted by Crippen LogP contribution is 2.30. The smallest absolute Gasteiger partial charge is 0.234 e. The third-order valence-electron chi connectivity index (χ3n) is 5.19. The second-order valence-corrected chi connectivity index (χ2v) is 7.01. The van der Waals surface area contributed by atoms with E-state index in [0.29, 0.717) is 11.8 Å². The summed E-state index contributed by atoms with van der Waals surface area (Å²) in [5.74, 6) is 3.92. The van der Waals surface area contributed by atoms with Gasteiger partial charge in [0, 0.05) is 32.0 Å². The van der Waals surface area contributed by atoms with Crippen LogP contribution in [0.25, 0.3) is 0 Å². The summed E-state index contributed by atoms with van der Waals surface area (Å²) in [6, 6.07) is 0. The van der Waals surface area contributed by atoms with Gasteiger partial charge in [0.1, 0.15) is 18.3 Å². The molecule has 8 nitrogen and oxygen atoms in total. The second kappa shape index (κ2) is 7.99. The van der Waals surface area contributed by atoms with Gasteiger partial charge in [-0.15, -0.1) is 10.2 Å². The number of hydrogen-bond donors (Lipinski definition) is 1. The number of anilines is 1. The Morgan fingerprint density at radius 1 is 1.12 bits per heavy atom. The lowest BCUT2D eigenvalue weighted by Gasteiger charge is -2.33. The molecule has 2 aromatic heterocycles. The molecule has 8 heteroatoms. The summed E-state index contributed by atoms with van der Waals surface area (Å²) >= 11 is 0. The molecule has 0 spiro atoms. The van der Waals surface area contributed by atoms with Crippen molar-refractivity contribution in [1.82, 2.24) is 24.7 Å². The molecule has 140 valence electrons. The van der Waals surface area contributed by atoms with Crippen LogP contribution >= 0.6 is 0 Å². The maximum Gasteiger partial charge on any atom is 0.234 e. The summed E-state index contributed by atoms with van der Waals surface area (Å²) in [5.41, 5.74) is 0. The largest absolute Gasteiger partial charge is 0.474 e. The Labute approximate surface area is 153 Å². The van der Waals surface area contributed by atoms with Crippen molar-refractivity contribution in [2.24, 2.45) is 0 Å². The van der Waals surface area contributed by atoms with Crippen molar-refractivity contribution in [1.29, 1.82) is 0 Å². The topological polar surface area (TPSA) is 89.2 Å². The minimum Gasteiger partial charge on any atom is -0.474 e. The Balaban J connectivity index is 1.51. The van der Waals surface area contributed by atoms with Crippen LogP contribution in [-0.2, 0) is 13.0 Å². The number of aryl methyl sites for hydroxylation is 1. The zero-order valence-electron chi connectivity index (χ0n) is 15.0. The van der Waals surface area contributed by atoms with E-state index in [-0.39, 0.29) is 13.2 Å². The van der Waals surface area contributed by atoms with E-state index < -0.39 is 0 Å². The molecule has 1 saturated heterocycles. The van der Waals surface area contributed by atoms with Crippen LogP contribution < -0.4 is 9.64 Å². The number of piperidine rings is 1. The van der Waals surface area contributed by atoms with E-state index in [4.69, 9.17) is 9.84 Å². The van der Waals surface area contributed by atoms with Gasteiger partial charge in [-0.3, -0.25) is 4.98 Å². The molecule has 2 aliphatic heterocycles. The minimum atomic E-state index is -0.0321. The van der Waals surface area contributed by atoms with Crippen LogP contribution in [0.4, 0.5) is 5.82 Å². The van der Waals surface area contributed by atoms with Gasteiger partial charge in [0.05, 0.1) is 19.0 Å². The number of rotatable bonds is 5. The van der Waals surface area contributed by atoms with Crippen LogP contribution in [0, 0.1) is 0 Å². The van der Waals surface area contributed by atoms with Gasteiger partial charge >= 0.3 is 0 Å². The van der Waals surface area contributed by atoms with Crippen molar-refractivity contribution in [2.75, 3.05) is 31.2 Å². The van der Waals surface area contributed by atoms with Gasteiger partial charge in [0.2, 0.25) is 5.88 Å². The van der Waals surface area contributed by atoms with E-state index in [9.17, 15) is 0 Å². The van der Waals surface area contributed by atoms with Crippen molar-refractivity contribution >= 4 is 5.82 Å². The summed E-state index contributed by atoms with van der Waals surface area (Å²) in [5, 5.41) is 17.9. The van der Waals surface area contributed by atoms with Crippen LogP contribution in [0.2, 0.25) is 0 Å². The second-order valence-electron chi connectivity index (χ2n) is 7.01. The van der Waals surface area contributed by atoms with E-state index in [0.717, 1.165) is 56.4 Å². The first kappa shape index (κ1) is 17.2. The number of hydrogen-bond acceptors (Lipinski definition) is 7. The van der Waals surface area contributed by atoms with Crippen molar-refractivity contribution in [3.8, 4) is 5.88 Å². The Morgan fingerprint density at radius 2 is 2.08 bits per heavy atom. The number of aliphatic hydroxyl groups is 1. The Bertz CT molecular complexity index is 734. The lowest BCUT2D eigenvalue weighted by Crippen LogP contribution is -2.36. The summed E-state index contributed by atoms with van der Waals surface area (Å²) in [4.78, 5) is 11.0. The molecule has 1 fully saturated rings. The van der Waals surface area contributed by atoms with Gasteiger partial charge in [-0.2, -0.15) is 4.98 Å². The number of nitrogens with zero attached hydrogens (tertiary/aromatic N) is 6. The molecule has 0 amide bonds. The highest BCUT2D eigenvalue weighted by Gasteiger charge is 2.28. The highest BCUT2D eigenvalue weighted by atomic mass is 16.5. The monoisotopic (exact) mass is 358 g/mol. The molecule has 2 aromatic rings. The van der Waals surface area contributed by atoms with Crippen molar-refractivity contribution in [2.45, 2.75) is 51.0 Å². The molecule has 0 aliphatic carbocycles. The molecular formula is C18H26N6O2. The summed E-state index contributed by atoms with van der Waals surface area (Å²) in [6.45, 7) is 3.06. The van der Waals surface area contributed by atoms with Gasteiger partial charge in [0.15, 0.2) is 5.82 Å². The first-order valence-corrected chi connectivity index (χ1v) is 9.58. The van der Waals surface area contributed by atoms with Crippen LogP contribution in [0.3, 0.4) is 0 Å². The Hall–Kier alpha value is -2.22. The van der Waals surface area contributed by atoms with Gasteiger partial charge in [-0.05, 0) is 25.7 Å². The van der Waals surface area contributed by atoms with E-state index >= 15 is 0 Å².